The van der Waals surface area contributed by atoms with Crippen molar-refractivity contribution < 1.29 is 4.79 Å². The van der Waals surface area contributed by atoms with E-state index in [9.17, 15) is 4.79 Å². The average Bonchev–Trinajstić information content (AvgIpc) is 2.92. The van der Waals surface area contributed by atoms with Gasteiger partial charge in [-0.2, -0.15) is 0 Å². The largest absolute Gasteiger partial charge is 0.360 e. The lowest BCUT2D eigenvalue weighted by Crippen LogP contribution is -2.37. The van der Waals surface area contributed by atoms with Gasteiger partial charge in [0.05, 0.1) is 6.54 Å². The second-order valence-electron chi connectivity index (χ2n) is 5.88. The number of nitrogens with one attached hydrogen (secondary N) is 1. The molecule has 0 amide bonds. The summed E-state index contributed by atoms with van der Waals surface area (Å²) in [6.45, 7) is 0.520. The van der Waals surface area contributed by atoms with Gasteiger partial charge in [0, 0.05) is 28.7 Å². The summed E-state index contributed by atoms with van der Waals surface area (Å²) in [7, 11) is 2.09. The molecule has 0 bridgehead atoms. The molecule has 0 radical (unpaired) electrons. The Labute approximate surface area is 120 Å². The molecule has 1 heterocycles. The van der Waals surface area contributed by atoms with Gasteiger partial charge < -0.3 is 4.98 Å². The molecule has 3 nitrogen and oxygen atoms in total. The molecule has 3 heteroatoms. The van der Waals surface area contributed by atoms with Crippen LogP contribution in [0.2, 0.25) is 0 Å². The molecule has 0 aliphatic heterocycles. The van der Waals surface area contributed by atoms with Crippen LogP contribution in [0, 0.1) is 0 Å². The quantitative estimate of drug-likeness (QED) is 0.861. The van der Waals surface area contributed by atoms with E-state index in [1.165, 1.54) is 32.1 Å². The normalized spacial score (nSPS) is 16.9. The Morgan fingerprint density at radius 2 is 2.00 bits per heavy atom. The van der Waals surface area contributed by atoms with Crippen LogP contribution in [0.5, 0.6) is 0 Å². The Hall–Kier alpha value is -1.61. The first-order valence-electron chi connectivity index (χ1n) is 7.55. The number of Topliss-reactive ketones (excluding diaryl/α,β-unsaturated/α-hetero) is 1. The highest BCUT2D eigenvalue weighted by atomic mass is 16.1. The van der Waals surface area contributed by atoms with E-state index in [0.29, 0.717) is 12.6 Å². The molecule has 106 valence electrons. The van der Waals surface area contributed by atoms with Crippen LogP contribution >= 0.6 is 0 Å². The predicted octanol–water partition coefficient (Wildman–Crippen LogP) is 3.62. The summed E-state index contributed by atoms with van der Waals surface area (Å²) >= 11 is 0. The number of nitrogens with zero attached hydrogens (tertiary/aromatic N) is 1. The molecule has 0 spiro atoms. The number of carbonyl (C=O) groups excluding carboxylic acids is 1. The van der Waals surface area contributed by atoms with E-state index in [1.54, 1.807) is 0 Å². The fraction of sp³-hybridized carbons (Fsp3) is 0.471. The third-order valence-electron chi connectivity index (χ3n) is 4.48. The fourth-order valence-electron chi connectivity index (χ4n) is 3.26. The zero-order valence-corrected chi connectivity index (χ0v) is 12.1. The number of aromatic nitrogens is 1. The lowest BCUT2D eigenvalue weighted by Gasteiger charge is -2.30. The summed E-state index contributed by atoms with van der Waals surface area (Å²) in [5, 5.41) is 1.04. The van der Waals surface area contributed by atoms with Gasteiger partial charge in [-0.25, -0.2) is 0 Å². The van der Waals surface area contributed by atoms with Crippen LogP contribution < -0.4 is 0 Å². The van der Waals surface area contributed by atoms with Gasteiger partial charge in [0.15, 0.2) is 5.78 Å². The maximum atomic E-state index is 12.5. The smallest absolute Gasteiger partial charge is 0.178 e. The number of para-hydroxylation sites is 1. The monoisotopic (exact) mass is 270 g/mol. The Morgan fingerprint density at radius 3 is 2.80 bits per heavy atom. The number of rotatable bonds is 4. The molecule has 0 unspecified atom stereocenters. The third kappa shape index (κ3) is 2.63. The second kappa shape index (κ2) is 5.80. The summed E-state index contributed by atoms with van der Waals surface area (Å²) < 4.78 is 0. The SMILES string of the molecule is CN(CC(=O)c1c[nH]c2ccccc12)C1CCCCC1. The Kier molecular flexibility index (Phi) is 3.88. The number of aromatic amines is 1. The summed E-state index contributed by atoms with van der Waals surface area (Å²) in [6, 6.07) is 8.58. The number of likely N-dealkylation sites (N-methyl/N-ethyl adjacent to an activating group) is 1. The number of carbonyl (C=O) groups is 1. The number of H-pyrrole nitrogens is 1. The van der Waals surface area contributed by atoms with Gasteiger partial charge in [0.2, 0.25) is 0 Å². The molecule has 1 fully saturated rings. The number of fused-ring (bicyclic) bond motifs is 1. The second-order valence-corrected chi connectivity index (χ2v) is 5.88. The van der Waals surface area contributed by atoms with Crippen molar-refractivity contribution in [2.24, 2.45) is 0 Å². The van der Waals surface area contributed by atoms with Crippen molar-refractivity contribution >= 4 is 16.7 Å². The maximum absolute atomic E-state index is 12.5. The number of hydrogen-bond donors (Lipinski definition) is 1. The summed E-state index contributed by atoms with van der Waals surface area (Å²) in [5.41, 5.74) is 1.86. The molecule has 1 aromatic carbocycles. The van der Waals surface area contributed by atoms with Crippen LogP contribution in [0.4, 0.5) is 0 Å². The number of hydrogen-bond acceptors (Lipinski definition) is 2. The molecule has 1 N–H and O–H groups in total. The van der Waals surface area contributed by atoms with Crippen molar-refractivity contribution in [3.05, 3.63) is 36.0 Å². The van der Waals surface area contributed by atoms with E-state index in [2.05, 4.69) is 16.9 Å². The Bertz CT molecular complexity index is 596. The number of benzene rings is 1. The molecule has 3 rings (SSSR count). The van der Waals surface area contributed by atoms with E-state index >= 15 is 0 Å². The van der Waals surface area contributed by atoms with E-state index in [4.69, 9.17) is 0 Å². The van der Waals surface area contributed by atoms with Crippen LogP contribution in [-0.2, 0) is 0 Å². The van der Waals surface area contributed by atoms with Crippen molar-refractivity contribution in [1.29, 1.82) is 0 Å². The molecular formula is C17H22N2O. The third-order valence-corrected chi connectivity index (χ3v) is 4.48. The van der Waals surface area contributed by atoms with Gasteiger partial charge in [-0.3, -0.25) is 9.69 Å². The zero-order chi connectivity index (χ0) is 13.9. The molecule has 1 aliphatic rings. The number of ketones is 1. The van der Waals surface area contributed by atoms with E-state index in [1.807, 2.05) is 30.5 Å². The van der Waals surface area contributed by atoms with Crippen LogP contribution in [0.15, 0.2) is 30.5 Å². The summed E-state index contributed by atoms with van der Waals surface area (Å²) in [4.78, 5) is 17.9. The molecule has 1 saturated carbocycles. The van der Waals surface area contributed by atoms with Gasteiger partial charge >= 0.3 is 0 Å². The first kappa shape index (κ1) is 13.4. The van der Waals surface area contributed by atoms with Gasteiger partial charge in [-0.1, -0.05) is 37.5 Å². The minimum atomic E-state index is 0.218. The minimum absolute atomic E-state index is 0.218. The molecule has 2 aromatic rings. The molecular weight excluding hydrogens is 248 g/mol. The van der Waals surface area contributed by atoms with Crippen LogP contribution in [0.25, 0.3) is 10.9 Å². The predicted molar refractivity (Wildman–Crippen MR) is 82.1 cm³/mol. The first-order chi connectivity index (χ1) is 9.75. The van der Waals surface area contributed by atoms with Gasteiger partial charge in [-0.05, 0) is 26.0 Å². The molecule has 1 aromatic heterocycles. The standard InChI is InChI=1S/C17H22N2O/c1-19(13-7-3-2-4-8-13)12-17(20)15-11-18-16-10-6-5-9-14(15)16/h5-6,9-11,13,18H,2-4,7-8,12H2,1H3. The lowest BCUT2D eigenvalue weighted by atomic mass is 9.94. The van der Waals surface area contributed by atoms with Crippen LogP contribution in [0.3, 0.4) is 0 Å². The van der Waals surface area contributed by atoms with Crippen LogP contribution in [-0.4, -0.2) is 35.3 Å². The summed E-state index contributed by atoms with van der Waals surface area (Å²) in [5.74, 6) is 0.218. The molecule has 1 aliphatic carbocycles. The highest BCUT2D eigenvalue weighted by Crippen LogP contribution is 2.23. The first-order valence-corrected chi connectivity index (χ1v) is 7.55. The van der Waals surface area contributed by atoms with Gasteiger partial charge in [0.1, 0.15) is 0 Å². The van der Waals surface area contributed by atoms with Crippen molar-refractivity contribution in [2.75, 3.05) is 13.6 Å². The van der Waals surface area contributed by atoms with E-state index < -0.39 is 0 Å². The zero-order valence-electron chi connectivity index (χ0n) is 12.1. The van der Waals surface area contributed by atoms with Gasteiger partial charge in [-0.15, -0.1) is 0 Å². The van der Waals surface area contributed by atoms with Crippen LogP contribution in [0.1, 0.15) is 42.5 Å². The molecule has 20 heavy (non-hydrogen) atoms. The van der Waals surface area contributed by atoms with Gasteiger partial charge in [0.25, 0.3) is 0 Å². The lowest BCUT2D eigenvalue weighted by molar-refractivity contribution is 0.0901. The van der Waals surface area contributed by atoms with E-state index in [0.717, 1.165) is 16.5 Å². The minimum Gasteiger partial charge on any atom is -0.360 e. The fourth-order valence-corrected chi connectivity index (χ4v) is 3.26. The van der Waals surface area contributed by atoms with E-state index in [-0.39, 0.29) is 5.78 Å². The molecule has 0 atom stereocenters. The highest BCUT2D eigenvalue weighted by molar-refractivity contribution is 6.08. The van der Waals surface area contributed by atoms with Crippen molar-refractivity contribution in [3.8, 4) is 0 Å². The Balaban J connectivity index is 1.72. The summed E-state index contributed by atoms with van der Waals surface area (Å²) in [6.07, 6.45) is 8.27. The van der Waals surface area contributed by atoms with Crippen molar-refractivity contribution in [1.82, 2.24) is 9.88 Å². The topological polar surface area (TPSA) is 36.1 Å². The van der Waals surface area contributed by atoms with Crippen molar-refractivity contribution in [3.63, 3.8) is 0 Å². The molecule has 0 saturated heterocycles. The van der Waals surface area contributed by atoms with Crippen molar-refractivity contribution in [2.45, 2.75) is 38.1 Å². The average molecular weight is 270 g/mol. The highest BCUT2D eigenvalue weighted by Gasteiger charge is 2.21. The maximum Gasteiger partial charge on any atom is 0.178 e. The Morgan fingerprint density at radius 1 is 1.25 bits per heavy atom.